The molecule has 0 spiro atoms. The van der Waals surface area contributed by atoms with Crippen LogP contribution >= 0.6 is 0 Å². The van der Waals surface area contributed by atoms with Gasteiger partial charge in [0, 0.05) is 0 Å². The van der Waals surface area contributed by atoms with Gasteiger partial charge in [0.15, 0.2) is 0 Å². The van der Waals surface area contributed by atoms with Crippen LogP contribution in [0.4, 0.5) is 0 Å². The number of ether oxygens (including phenoxy) is 3. The average Bonchev–Trinajstić information content (AvgIpc) is 2.48. The zero-order valence-electron chi connectivity index (χ0n) is 11.2. The number of rotatable bonds is 5. The minimum absolute atomic E-state index is 0.299. The van der Waals surface area contributed by atoms with E-state index in [9.17, 15) is 4.79 Å². The lowest BCUT2D eigenvalue weighted by Crippen LogP contribution is -3.14. The lowest BCUT2D eigenvalue weighted by atomic mass is 10.2. The van der Waals surface area contributed by atoms with Crippen molar-refractivity contribution < 1.29 is 23.9 Å². The Kier molecular flexibility index (Phi) is 5.18. The maximum absolute atomic E-state index is 11.8. The molecular formula is C14H20NO4+. The molecule has 1 aromatic carbocycles. The van der Waals surface area contributed by atoms with E-state index in [4.69, 9.17) is 14.2 Å². The van der Waals surface area contributed by atoms with Crippen molar-refractivity contribution in [3.8, 4) is 5.75 Å². The van der Waals surface area contributed by atoms with Crippen LogP contribution in [0.2, 0.25) is 0 Å². The first-order valence-corrected chi connectivity index (χ1v) is 6.52. The molecule has 0 aliphatic carbocycles. The molecule has 0 radical (unpaired) electrons. The van der Waals surface area contributed by atoms with E-state index < -0.39 is 0 Å². The van der Waals surface area contributed by atoms with Crippen LogP contribution in [-0.4, -0.2) is 52.5 Å². The summed E-state index contributed by atoms with van der Waals surface area (Å²) in [5.74, 6) is 0.361. The largest absolute Gasteiger partial charge is 0.497 e. The third-order valence-electron chi connectivity index (χ3n) is 3.19. The Morgan fingerprint density at radius 1 is 1.37 bits per heavy atom. The van der Waals surface area contributed by atoms with Crippen molar-refractivity contribution in [2.75, 3.05) is 46.6 Å². The first kappa shape index (κ1) is 13.8. The highest BCUT2D eigenvalue weighted by Crippen LogP contribution is 2.13. The van der Waals surface area contributed by atoms with Crippen molar-refractivity contribution >= 4 is 5.97 Å². The van der Waals surface area contributed by atoms with Crippen molar-refractivity contribution in [1.29, 1.82) is 0 Å². The molecule has 19 heavy (non-hydrogen) atoms. The Bertz CT molecular complexity index is 416. The molecule has 2 rings (SSSR count). The SMILES string of the molecule is COc1cccc(C(=O)OCC[NH+]2CCOCC2)c1. The van der Waals surface area contributed by atoms with Crippen LogP contribution in [0.5, 0.6) is 5.75 Å². The second-order valence-electron chi connectivity index (χ2n) is 4.48. The number of carbonyl (C=O) groups excluding carboxylic acids is 1. The molecule has 1 saturated heterocycles. The smallest absolute Gasteiger partial charge is 0.338 e. The number of esters is 1. The van der Waals surface area contributed by atoms with Gasteiger partial charge in [0.05, 0.1) is 25.9 Å². The first-order chi connectivity index (χ1) is 9.29. The molecule has 1 aliphatic rings. The molecule has 0 aromatic heterocycles. The fourth-order valence-corrected chi connectivity index (χ4v) is 2.03. The van der Waals surface area contributed by atoms with Crippen LogP contribution in [0.3, 0.4) is 0 Å². The number of carbonyl (C=O) groups is 1. The summed E-state index contributed by atoms with van der Waals surface area (Å²) in [5.41, 5.74) is 0.524. The predicted octanol–water partition coefficient (Wildman–Crippen LogP) is -0.233. The van der Waals surface area contributed by atoms with Crippen LogP contribution in [-0.2, 0) is 9.47 Å². The maximum Gasteiger partial charge on any atom is 0.338 e. The number of quaternary nitrogens is 1. The normalized spacial score (nSPS) is 16.1. The fraction of sp³-hybridized carbons (Fsp3) is 0.500. The lowest BCUT2D eigenvalue weighted by molar-refractivity contribution is -0.908. The number of hydrogen-bond acceptors (Lipinski definition) is 4. The summed E-state index contributed by atoms with van der Waals surface area (Å²) >= 11 is 0. The van der Waals surface area contributed by atoms with Gasteiger partial charge in [-0.3, -0.25) is 0 Å². The first-order valence-electron chi connectivity index (χ1n) is 6.52. The Hall–Kier alpha value is -1.59. The molecule has 0 unspecified atom stereocenters. The molecule has 1 heterocycles. The topological polar surface area (TPSA) is 49.2 Å². The van der Waals surface area contributed by atoms with Gasteiger partial charge in [-0.15, -0.1) is 0 Å². The Morgan fingerprint density at radius 2 is 2.16 bits per heavy atom. The highest BCUT2D eigenvalue weighted by molar-refractivity contribution is 5.89. The van der Waals surface area contributed by atoms with Crippen LogP contribution in [0.1, 0.15) is 10.4 Å². The third-order valence-corrected chi connectivity index (χ3v) is 3.19. The Morgan fingerprint density at radius 3 is 2.89 bits per heavy atom. The van der Waals surface area contributed by atoms with Gasteiger partial charge in [-0.25, -0.2) is 4.79 Å². The second kappa shape index (κ2) is 7.11. The highest BCUT2D eigenvalue weighted by atomic mass is 16.5. The lowest BCUT2D eigenvalue weighted by Gasteiger charge is -2.23. The molecule has 5 heteroatoms. The molecule has 0 bridgehead atoms. The van der Waals surface area contributed by atoms with Gasteiger partial charge < -0.3 is 19.1 Å². The van der Waals surface area contributed by atoms with Crippen LogP contribution in [0.25, 0.3) is 0 Å². The van der Waals surface area contributed by atoms with E-state index in [1.165, 1.54) is 4.90 Å². The van der Waals surface area contributed by atoms with E-state index in [-0.39, 0.29) is 5.97 Å². The fourth-order valence-electron chi connectivity index (χ4n) is 2.03. The van der Waals surface area contributed by atoms with Gasteiger partial charge in [0.1, 0.15) is 32.0 Å². The number of morpholine rings is 1. The molecule has 0 amide bonds. The van der Waals surface area contributed by atoms with Crippen molar-refractivity contribution in [3.63, 3.8) is 0 Å². The average molecular weight is 266 g/mol. The second-order valence-corrected chi connectivity index (χ2v) is 4.48. The summed E-state index contributed by atoms with van der Waals surface area (Å²) in [7, 11) is 1.58. The van der Waals surface area contributed by atoms with E-state index in [0.29, 0.717) is 17.9 Å². The number of benzene rings is 1. The van der Waals surface area contributed by atoms with E-state index in [2.05, 4.69) is 0 Å². The van der Waals surface area contributed by atoms with Crippen molar-refractivity contribution in [2.45, 2.75) is 0 Å². The summed E-state index contributed by atoms with van der Waals surface area (Å²) in [5, 5.41) is 0. The van der Waals surface area contributed by atoms with Crippen molar-refractivity contribution in [1.82, 2.24) is 0 Å². The molecule has 1 aromatic rings. The quantitative estimate of drug-likeness (QED) is 0.748. The predicted molar refractivity (Wildman–Crippen MR) is 69.7 cm³/mol. The molecular weight excluding hydrogens is 246 g/mol. The molecule has 1 aliphatic heterocycles. The minimum Gasteiger partial charge on any atom is -0.497 e. The number of methoxy groups -OCH3 is 1. The van der Waals surface area contributed by atoms with Crippen molar-refractivity contribution in [3.05, 3.63) is 29.8 Å². The standard InChI is InChI=1S/C14H19NO4/c1-17-13-4-2-3-12(11-13)14(16)19-10-7-15-5-8-18-9-6-15/h2-4,11H,5-10H2,1H3/p+1. The summed E-state index contributed by atoms with van der Waals surface area (Å²) in [6, 6.07) is 6.99. The monoisotopic (exact) mass is 266 g/mol. The summed E-state index contributed by atoms with van der Waals surface area (Å²) in [6.45, 7) is 4.82. The Balaban J connectivity index is 1.77. The highest BCUT2D eigenvalue weighted by Gasteiger charge is 2.14. The number of nitrogens with one attached hydrogen (secondary N) is 1. The molecule has 0 saturated carbocycles. The number of hydrogen-bond donors (Lipinski definition) is 1. The van der Waals surface area contributed by atoms with E-state index in [1.807, 2.05) is 0 Å². The minimum atomic E-state index is -0.299. The van der Waals surface area contributed by atoms with E-state index in [0.717, 1.165) is 32.8 Å². The van der Waals surface area contributed by atoms with Gasteiger partial charge in [-0.1, -0.05) is 6.07 Å². The molecule has 0 atom stereocenters. The zero-order chi connectivity index (χ0) is 13.5. The van der Waals surface area contributed by atoms with Crippen LogP contribution in [0, 0.1) is 0 Å². The van der Waals surface area contributed by atoms with Gasteiger partial charge >= 0.3 is 5.97 Å². The molecule has 1 N–H and O–H groups in total. The molecule has 5 nitrogen and oxygen atoms in total. The maximum atomic E-state index is 11.8. The van der Waals surface area contributed by atoms with Crippen LogP contribution in [0.15, 0.2) is 24.3 Å². The van der Waals surface area contributed by atoms with E-state index in [1.54, 1.807) is 31.4 Å². The molecule has 104 valence electrons. The van der Waals surface area contributed by atoms with Gasteiger partial charge in [-0.2, -0.15) is 0 Å². The molecule has 1 fully saturated rings. The van der Waals surface area contributed by atoms with Gasteiger partial charge in [0.25, 0.3) is 0 Å². The van der Waals surface area contributed by atoms with Crippen LogP contribution < -0.4 is 9.64 Å². The third kappa shape index (κ3) is 4.22. The zero-order valence-corrected chi connectivity index (χ0v) is 11.2. The summed E-state index contributed by atoms with van der Waals surface area (Å²) in [6.07, 6.45) is 0. The van der Waals surface area contributed by atoms with Gasteiger partial charge in [0.2, 0.25) is 0 Å². The summed E-state index contributed by atoms with van der Waals surface area (Å²) in [4.78, 5) is 13.3. The Labute approximate surface area is 113 Å². The van der Waals surface area contributed by atoms with E-state index >= 15 is 0 Å². The van der Waals surface area contributed by atoms with Gasteiger partial charge in [-0.05, 0) is 18.2 Å². The summed E-state index contributed by atoms with van der Waals surface area (Å²) < 4.78 is 15.6. The van der Waals surface area contributed by atoms with Crippen molar-refractivity contribution in [2.24, 2.45) is 0 Å².